The summed E-state index contributed by atoms with van der Waals surface area (Å²) >= 11 is 0. The summed E-state index contributed by atoms with van der Waals surface area (Å²) in [6.45, 7) is 0.0827. The van der Waals surface area contributed by atoms with Gasteiger partial charge < -0.3 is 4.57 Å². The lowest BCUT2D eigenvalue weighted by atomic mass is 9.27. The van der Waals surface area contributed by atoms with E-state index in [-0.39, 0.29) is 6.71 Å². The van der Waals surface area contributed by atoms with Gasteiger partial charge in [0, 0.05) is 22.0 Å². The fraction of sp³-hybridized carbons (Fsp3) is 0.0513. The molecule has 0 atom stereocenters. The van der Waals surface area contributed by atoms with Gasteiger partial charge in [-0.1, -0.05) is 115 Å². The van der Waals surface area contributed by atoms with Gasteiger partial charge in [-0.15, -0.1) is 0 Å². The van der Waals surface area contributed by atoms with Gasteiger partial charge >= 0.3 is 0 Å². The highest BCUT2D eigenvalue weighted by molar-refractivity contribution is 7.00. The zero-order valence-corrected chi connectivity index (χ0v) is 22.8. The molecule has 0 saturated carbocycles. The highest BCUT2D eigenvalue weighted by atomic mass is 15.0. The molecule has 0 spiro atoms. The van der Waals surface area contributed by atoms with Crippen LogP contribution in [0.2, 0.25) is 0 Å². The van der Waals surface area contributed by atoms with Crippen LogP contribution in [0.5, 0.6) is 0 Å². The van der Waals surface area contributed by atoms with Crippen LogP contribution in [0, 0.1) is 11.3 Å². The molecule has 3 heteroatoms. The number of nitriles is 1. The van der Waals surface area contributed by atoms with Crippen LogP contribution in [0.15, 0.2) is 127 Å². The molecule has 0 N–H and O–H groups in total. The van der Waals surface area contributed by atoms with Crippen LogP contribution < -0.4 is 16.4 Å². The number of hydrogen-bond acceptors (Lipinski definition) is 1. The maximum Gasteiger partial charge on any atom is 0.248 e. The van der Waals surface area contributed by atoms with E-state index in [4.69, 9.17) is 0 Å². The van der Waals surface area contributed by atoms with Crippen molar-refractivity contribution in [1.29, 1.82) is 5.26 Å². The third-order valence-corrected chi connectivity index (χ3v) is 10.2. The lowest BCUT2D eigenvalue weighted by Gasteiger charge is -2.48. The number of nitrogens with zero attached hydrogens (tertiary/aromatic N) is 2. The lowest BCUT2D eigenvalue weighted by Crippen LogP contribution is -2.67. The van der Waals surface area contributed by atoms with E-state index in [1.807, 2.05) is 0 Å². The number of aromatic nitrogens is 1. The van der Waals surface area contributed by atoms with Gasteiger partial charge in [0.05, 0.1) is 22.6 Å². The Labute approximate surface area is 244 Å². The molecule has 7 aromatic rings. The number of benzene rings is 6. The molecule has 3 aliphatic heterocycles. The maximum atomic E-state index is 10.8. The molecule has 0 radical (unpaired) electrons. The number of hydrogen-bond donors (Lipinski definition) is 0. The zero-order chi connectivity index (χ0) is 27.6. The second-order valence-electron chi connectivity index (χ2n) is 11.9. The van der Waals surface area contributed by atoms with E-state index in [0.717, 1.165) is 17.5 Å². The second kappa shape index (κ2) is 7.69. The summed E-state index contributed by atoms with van der Waals surface area (Å²) in [5.74, 6) is 0. The van der Waals surface area contributed by atoms with Crippen molar-refractivity contribution in [3.63, 3.8) is 0 Å². The molecule has 0 bridgehead atoms. The van der Waals surface area contributed by atoms with Crippen molar-refractivity contribution in [3.05, 3.63) is 166 Å². The molecule has 0 unspecified atom stereocenters. The third-order valence-electron chi connectivity index (χ3n) is 10.2. The minimum Gasteiger partial charge on any atom is -0.310 e. The second-order valence-corrected chi connectivity index (χ2v) is 11.9. The van der Waals surface area contributed by atoms with E-state index in [1.54, 1.807) is 0 Å². The molecule has 0 aliphatic carbocycles. The van der Waals surface area contributed by atoms with Crippen LogP contribution in [-0.4, -0.2) is 11.3 Å². The van der Waals surface area contributed by atoms with Gasteiger partial charge in [-0.05, 0) is 68.9 Å². The minimum atomic E-state index is -0.632. The van der Waals surface area contributed by atoms with Gasteiger partial charge in [0.2, 0.25) is 6.71 Å². The first-order chi connectivity index (χ1) is 20.8. The Bertz CT molecular complexity index is 2300. The Hall–Kier alpha value is -5.33. The fourth-order valence-electron chi connectivity index (χ4n) is 8.79. The average Bonchev–Trinajstić information content (AvgIpc) is 3.40. The van der Waals surface area contributed by atoms with Gasteiger partial charge in [-0.25, -0.2) is 0 Å². The topological polar surface area (TPSA) is 28.7 Å². The average molecular weight is 530 g/mol. The summed E-state index contributed by atoms with van der Waals surface area (Å²) < 4.78 is 2.50. The number of fused-ring (bicyclic) bond motifs is 4. The monoisotopic (exact) mass is 530 g/mol. The molecule has 10 rings (SSSR count). The highest BCUT2D eigenvalue weighted by Gasteiger charge is 2.54. The van der Waals surface area contributed by atoms with Crippen molar-refractivity contribution in [3.8, 4) is 11.8 Å². The molecule has 3 aliphatic rings. The Balaban J connectivity index is 1.51. The molecule has 0 amide bonds. The predicted octanol–water partition coefficient (Wildman–Crippen LogP) is 6.09. The number of rotatable bonds is 2. The largest absolute Gasteiger partial charge is 0.310 e. The van der Waals surface area contributed by atoms with E-state index in [1.165, 1.54) is 71.7 Å². The van der Waals surface area contributed by atoms with Crippen molar-refractivity contribution < 1.29 is 0 Å². The number of para-hydroxylation sites is 1. The van der Waals surface area contributed by atoms with Crippen LogP contribution >= 0.6 is 0 Å². The Morgan fingerprint density at radius 2 is 1.33 bits per heavy atom. The SMILES string of the molecule is N#Cc1ccc2c3c1C(c1ccccc1)(c1ccccc1)c1cccc4c1B3c1c(ccc3c5ccccc5n-2c13)C4. The van der Waals surface area contributed by atoms with Crippen LogP contribution in [0.3, 0.4) is 0 Å². The molecular formula is C39H23BN2. The van der Waals surface area contributed by atoms with Crippen molar-refractivity contribution in [1.82, 2.24) is 4.57 Å². The third kappa shape index (κ3) is 2.41. The first-order valence-electron chi connectivity index (χ1n) is 14.7. The Morgan fingerprint density at radius 1 is 0.619 bits per heavy atom. The summed E-state index contributed by atoms with van der Waals surface area (Å²) in [6, 6.07) is 49.1. The molecule has 192 valence electrons. The molecular weight excluding hydrogens is 507 g/mol. The molecule has 4 heterocycles. The van der Waals surface area contributed by atoms with Crippen LogP contribution in [0.1, 0.15) is 38.9 Å². The summed E-state index contributed by atoms with van der Waals surface area (Å²) in [6.07, 6.45) is 0.911. The van der Waals surface area contributed by atoms with Crippen molar-refractivity contribution >= 4 is 44.9 Å². The van der Waals surface area contributed by atoms with Gasteiger partial charge in [0.25, 0.3) is 0 Å². The molecule has 1 aromatic heterocycles. The summed E-state index contributed by atoms with van der Waals surface area (Å²) in [5.41, 5.74) is 15.6. The van der Waals surface area contributed by atoms with Crippen LogP contribution in [0.4, 0.5) is 0 Å². The first-order valence-corrected chi connectivity index (χ1v) is 14.7. The standard InChI is InChI=1S/C39H23BN2/c41-23-26-19-21-33-37-34(26)39(27-11-3-1-4-12-27,28-13-5-2-6-14-28)31-16-9-10-24-22-25-18-20-30-29-15-7-8-17-32(29)42(33)38(30)36(25)40(37)35(24)31/h1-21H,22H2. The molecule has 42 heavy (non-hydrogen) atoms. The predicted molar refractivity (Wildman–Crippen MR) is 171 cm³/mol. The maximum absolute atomic E-state index is 10.8. The summed E-state index contributed by atoms with van der Waals surface area (Å²) in [5, 5.41) is 13.4. The van der Waals surface area contributed by atoms with E-state index >= 15 is 0 Å². The quantitative estimate of drug-likeness (QED) is 0.249. The Morgan fingerprint density at radius 3 is 2.10 bits per heavy atom. The fourth-order valence-corrected chi connectivity index (χ4v) is 8.79. The van der Waals surface area contributed by atoms with E-state index in [2.05, 4.69) is 138 Å². The van der Waals surface area contributed by atoms with Crippen LogP contribution in [0.25, 0.3) is 27.5 Å². The lowest BCUT2D eigenvalue weighted by molar-refractivity contribution is 0.745. The summed E-state index contributed by atoms with van der Waals surface area (Å²) in [7, 11) is 0. The molecule has 0 saturated heterocycles. The van der Waals surface area contributed by atoms with Crippen LogP contribution in [-0.2, 0) is 11.8 Å². The van der Waals surface area contributed by atoms with E-state index in [9.17, 15) is 5.26 Å². The Kier molecular flexibility index (Phi) is 4.10. The minimum absolute atomic E-state index is 0.0827. The zero-order valence-electron chi connectivity index (χ0n) is 22.8. The first kappa shape index (κ1) is 22.4. The van der Waals surface area contributed by atoms with Crippen molar-refractivity contribution in [2.45, 2.75) is 11.8 Å². The summed E-state index contributed by atoms with van der Waals surface area (Å²) in [4.78, 5) is 0. The highest BCUT2D eigenvalue weighted by Crippen LogP contribution is 2.50. The molecule has 2 nitrogen and oxygen atoms in total. The van der Waals surface area contributed by atoms with Crippen molar-refractivity contribution in [2.75, 3.05) is 0 Å². The smallest absolute Gasteiger partial charge is 0.248 e. The van der Waals surface area contributed by atoms with E-state index < -0.39 is 5.41 Å². The van der Waals surface area contributed by atoms with E-state index in [0.29, 0.717) is 0 Å². The van der Waals surface area contributed by atoms with Gasteiger partial charge in [0.1, 0.15) is 0 Å². The van der Waals surface area contributed by atoms with Crippen molar-refractivity contribution in [2.24, 2.45) is 0 Å². The van der Waals surface area contributed by atoms with Gasteiger partial charge in [-0.2, -0.15) is 5.26 Å². The molecule has 0 fully saturated rings. The van der Waals surface area contributed by atoms with Gasteiger partial charge in [-0.3, -0.25) is 0 Å². The van der Waals surface area contributed by atoms with Gasteiger partial charge in [0.15, 0.2) is 0 Å². The molecule has 6 aromatic carbocycles. The normalized spacial score (nSPS) is 14.7.